The molecule has 0 aliphatic heterocycles. The second-order valence-electron chi connectivity index (χ2n) is 5.83. The van der Waals surface area contributed by atoms with Gasteiger partial charge >= 0.3 is 5.97 Å². The van der Waals surface area contributed by atoms with Crippen LogP contribution in [0.3, 0.4) is 0 Å². The summed E-state index contributed by atoms with van der Waals surface area (Å²) in [6.45, 7) is 0.239. The molecule has 0 spiro atoms. The molecule has 28 heavy (non-hydrogen) atoms. The van der Waals surface area contributed by atoms with E-state index in [0.717, 1.165) is 0 Å². The molecule has 2 amide bonds. The van der Waals surface area contributed by atoms with Crippen molar-refractivity contribution in [3.63, 3.8) is 0 Å². The van der Waals surface area contributed by atoms with Gasteiger partial charge in [-0.05, 0) is 48.5 Å². The number of anilines is 1. The molecule has 0 bridgehead atoms. The third-order valence-corrected chi connectivity index (χ3v) is 3.99. The first kappa shape index (κ1) is 18.9. The number of furan rings is 1. The van der Waals surface area contributed by atoms with Gasteiger partial charge in [0.2, 0.25) is 0 Å². The third-order valence-electron chi connectivity index (χ3n) is 3.99. The van der Waals surface area contributed by atoms with Crippen LogP contribution in [-0.2, 0) is 11.3 Å². The zero-order valence-corrected chi connectivity index (χ0v) is 15.1. The van der Waals surface area contributed by atoms with Crippen LogP contribution in [0.4, 0.5) is 5.69 Å². The topological polar surface area (TPSA) is 97.6 Å². The van der Waals surface area contributed by atoms with E-state index < -0.39 is 11.9 Å². The number of rotatable bonds is 6. The zero-order valence-electron chi connectivity index (χ0n) is 15.1. The molecule has 3 aromatic rings. The van der Waals surface area contributed by atoms with Crippen molar-refractivity contribution in [2.45, 2.75) is 6.54 Å². The summed E-state index contributed by atoms with van der Waals surface area (Å²) >= 11 is 0. The van der Waals surface area contributed by atoms with E-state index in [1.54, 1.807) is 36.4 Å². The molecule has 0 fully saturated rings. The van der Waals surface area contributed by atoms with Gasteiger partial charge < -0.3 is 19.8 Å². The second-order valence-corrected chi connectivity index (χ2v) is 5.83. The van der Waals surface area contributed by atoms with E-state index in [0.29, 0.717) is 28.1 Å². The summed E-state index contributed by atoms with van der Waals surface area (Å²) in [5.74, 6) is -0.595. The minimum absolute atomic E-state index is 0.239. The first-order valence-corrected chi connectivity index (χ1v) is 8.48. The van der Waals surface area contributed by atoms with E-state index in [4.69, 9.17) is 4.42 Å². The fourth-order valence-corrected chi connectivity index (χ4v) is 2.54. The van der Waals surface area contributed by atoms with E-state index in [9.17, 15) is 14.4 Å². The number of hydrogen-bond donors (Lipinski definition) is 2. The van der Waals surface area contributed by atoms with Crippen LogP contribution in [-0.4, -0.2) is 24.9 Å². The number of esters is 1. The molecule has 3 rings (SSSR count). The largest absolute Gasteiger partial charge is 0.467 e. The average molecular weight is 378 g/mol. The zero-order chi connectivity index (χ0) is 19.9. The van der Waals surface area contributed by atoms with Crippen LogP contribution in [0.2, 0.25) is 0 Å². The quantitative estimate of drug-likeness (QED) is 0.642. The van der Waals surface area contributed by atoms with Gasteiger partial charge in [0.05, 0.1) is 36.7 Å². The fourth-order valence-electron chi connectivity index (χ4n) is 2.54. The molecule has 2 aromatic carbocycles. The predicted octanol–water partition coefficient (Wildman–Crippen LogP) is 3.25. The maximum atomic E-state index is 12.5. The molecular weight excluding hydrogens is 360 g/mol. The lowest BCUT2D eigenvalue weighted by molar-refractivity contribution is 0.0600. The van der Waals surface area contributed by atoms with Gasteiger partial charge in [0.1, 0.15) is 5.76 Å². The summed E-state index contributed by atoms with van der Waals surface area (Å²) in [6.07, 6.45) is 1.53. The minimum atomic E-state index is -0.481. The Bertz CT molecular complexity index is 978. The van der Waals surface area contributed by atoms with Crippen molar-refractivity contribution in [1.82, 2.24) is 5.32 Å². The van der Waals surface area contributed by atoms with Gasteiger partial charge in [-0.3, -0.25) is 9.59 Å². The number of nitrogens with one attached hydrogen (secondary N) is 2. The smallest absolute Gasteiger partial charge is 0.337 e. The van der Waals surface area contributed by atoms with Gasteiger partial charge in [-0.25, -0.2) is 4.79 Å². The Labute approximate surface area is 161 Å². The summed E-state index contributed by atoms with van der Waals surface area (Å²) in [4.78, 5) is 36.5. The standard InChI is InChI=1S/C21H18N2O5/c1-27-21(26)15-10-8-14(9-11-15)19(24)23-18-7-3-2-6-17(18)20(25)22-13-16-5-4-12-28-16/h2-12H,13H2,1H3,(H,22,25)(H,23,24). The summed E-state index contributed by atoms with van der Waals surface area (Å²) in [7, 11) is 1.29. The van der Waals surface area contributed by atoms with E-state index >= 15 is 0 Å². The van der Waals surface area contributed by atoms with Crippen LogP contribution >= 0.6 is 0 Å². The van der Waals surface area contributed by atoms with Gasteiger partial charge in [-0.15, -0.1) is 0 Å². The van der Waals surface area contributed by atoms with Crippen molar-refractivity contribution in [2.75, 3.05) is 12.4 Å². The summed E-state index contributed by atoms with van der Waals surface area (Å²) in [5.41, 5.74) is 1.39. The highest BCUT2D eigenvalue weighted by molar-refractivity contribution is 6.09. The SMILES string of the molecule is COC(=O)c1ccc(C(=O)Nc2ccccc2C(=O)NCc2ccco2)cc1. The summed E-state index contributed by atoms with van der Waals surface area (Å²) in [5, 5.41) is 5.47. The number of amides is 2. The van der Waals surface area contributed by atoms with Crippen LogP contribution < -0.4 is 10.6 Å². The lowest BCUT2D eigenvalue weighted by atomic mass is 10.1. The number of carbonyl (C=O) groups is 3. The average Bonchev–Trinajstić information content (AvgIpc) is 3.25. The Kier molecular flexibility index (Phi) is 5.86. The Morgan fingerprint density at radius 1 is 0.893 bits per heavy atom. The Hall–Kier alpha value is -3.87. The number of methoxy groups -OCH3 is 1. The first-order chi connectivity index (χ1) is 13.6. The van der Waals surface area contributed by atoms with E-state index in [-0.39, 0.29) is 12.5 Å². The van der Waals surface area contributed by atoms with E-state index in [1.165, 1.54) is 37.6 Å². The lowest BCUT2D eigenvalue weighted by Crippen LogP contribution is -2.24. The van der Waals surface area contributed by atoms with Crippen LogP contribution in [0.15, 0.2) is 71.3 Å². The Morgan fingerprint density at radius 3 is 2.29 bits per heavy atom. The van der Waals surface area contributed by atoms with Crippen molar-refractivity contribution in [1.29, 1.82) is 0 Å². The van der Waals surface area contributed by atoms with E-state index in [2.05, 4.69) is 15.4 Å². The molecule has 0 unspecified atom stereocenters. The van der Waals surface area contributed by atoms with Crippen molar-refractivity contribution in [3.8, 4) is 0 Å². The molecule has 0 atom stereocenters. The van der Waals surface area contributed by atoms with Gasteiger partial charge in [0.25, 0.3) is 11.8 Å². The van der Waals surface area contributed by atoms with Crippen molar-refractivity contribution < 1.29 is 23.5 Å². The van der Waals surface area contributed by atoms with Crippen molar-refractivity contribution >= 4 is 23.5 Å². The molecule has 1 aromatic heterocycles. The number of carbonyl (C=O) groups excluding carboxylic acids is 3. The maximum Gasteiger partial charge on any atom is 0.337 e. The molecule has 0 saturated heterocycles. The number of hydrogen-bond acceptors (Lipinski definition) is 5. The molecule has 2 N–H and O–H groups in total. The highest BCUT2D eigenvalue weighted by Crippen LogP contribution is 2.17. The monoisotopic (exact) mass is 378 g/mol. The molecule has 7 nitrogen and oxygen atoms in total. The normalized spacial score (nSPS) is 10.2. The molecular formula is C21H18N2O5. The highest BCUT2D eigenvalue weighted by atomic mass is 16.5. The van der Waals surface area contributed by atoms with Crippen molar-refractivity contribution in [3.05, 3.63) is 89.4 Å². The van der Waals surface area contributed by atoms with Gasteiger partial charge in [0, 0.05) is 5.56 Å². The molecule has 0 radical (unpaired) electrons. The maximum absolute atomic E-state index is 12.5. The lowest BCUT2D eigenvalue weighted by Gasteiger charge is -2.11. The van der Waals surface area contributed by atoms with Gasteiger partial charge in [-0.2, -0.15) is 0 Å². The minimum Gasteiger partial charge on any atom is -0.467 e. The van der Waals surface area contributed by atoms with Crippen LogP contribution in [0.25, 0.3) is 0 Å². The molecule has 142 valence electrons. The van der Waals surface area contributed by atoms with Crippen molar-refractivity contribution in [2.24, 2.45) is 0 Å². The summed E-state index contributed by atoms with van der Waals surface area (Å²) < 4.78 is 9.82. The molecule has 1 heterocycles. The molecule has 0 aliphatic carbocycles. The number of benzene rings is 2. The molecule has 0 saturated carbocycles. The number of para-hydroxylation sites is 1. The van der Waals surface area contributed by atoms with Gasteiger partial charge in [-0.1, -0.05) is 12.1 Å². The van der Waals surface area contributed by atoms with Crippen LogP contribution in [0, 0.1) is 0 Å². The Balaban J connectivity index is 1.71. The molecule has 7 heteroatoms. The first-order valence-electron chi connectivity index (χ1n) is 8.48. The summed E-state index contributed by atoms with van der Waals surface area (Å²) in [6, 6.07) is 16.2. The van der Waals surface area contributed by atoms with Crippen LogP contribution in [0.1, 0.15) is 36.8 Å². The molecule has 0 aliphatic rings. The van der Waals surface area contributed by atoms with E-state index in [1.807, 2.05) is 0 Å². The number of ether oxygens (including phenoxy) is 1. The fraction of sp³-hybridized carbons (Fsp3) is 0.0952. The second kappa shape index (κ2) is 8.68. The van der Waals surface area contributed by atoms with Crippen LogP contribution in [0.5, 0.6) is 0 Å². The predicted molar refractivity (Wildman–Crippen MR) is 102 cm³/mol. The van der Waals surface area contributed by atoms with Gasteiger partial charge in [0.15, 0.2) is 0 Å². The highest BCUT2D eigenvalue weighted by Gasteiger charge is 2.15. The third kappa shape index (κ3) is 4.45. The Morgan fingerprint density at radius 2 is 1.61 bits per heavy atom.